The van der Waals surface area contributed by atoms with Crippen LogP contribution in [0.3, 0.4) is 0 Å². The summed E-state index contributed by atoms with van der Waals surface area (Å²) < 4.78 is 0. The molecule has 0 aromatic rings. The van der Waals surface area contributed by atoms with Crippen LogP contribution in [0.4, 0.5) is 0 Å². The Labute approximate surface area is 92.5 Å². The van der Waals surface area contributed by atoms with Crippen molar-refractivity contribution in [2.75, 3.05) is 14.1 Å². The molecule has 1 rings (SSSR count). The van der Waals surface area contributed by atoms with E-state index in [1.54, 1.807) is 0 Å². The van der Waals surface area contributed by atoms with E-state index in [2.05, 4.69) is 32.0 Å². The zero-order valence-electron chi connectivity index (χ0n) is 8.24. The van der Waals surface area contributed by atoms with Crippen LogP contribution in [0.2, 0.25) is 0 Å². The van der Waals surface area contributed by atoms with Gasteiger partial charge in [0.25, 0.3) is 0 Å². The summed E-state index contributed by atoms with van der Waals surface area (Å²) in [5.41, 5.74) is 0. The predicted molar refractivity (Wildman–Crippen MR) is 51.2 cm³/mol. The third kappa shape index (κ3) is 2.64. The summed E-state index contributed by atoms with van der Waals surface area (Å²) in [5.74, 6) is 0.444. The van der Waals surface area contributed by atoms with E-state index in [1.807, 2.05) is 12.2 Å². The van der Waals surface area contributed by atoms with Crippen LogP contribution in [0.1, 0.15) is 6.92 Å². The summed E-state index contributed by atoms with van der Waals surface area (Å²) in [6.45, 7) is 2.19. The van der Waals surface area contributed by atoms with Crippen molar-refractivity contribution in [3.05, 3.63) is 23.1 Å². The Bertz CT molecular complexity index is 199. The molecule has 0 fully saturated rings. The van der Waals surface area contributed by atoms with Crippen molar-refractivity contribution in [1.29, 1.82) is 0 Å². The first-order valence-electron chi connectivity index (χ1n) is 3.84. The van der Waals surface area contributed by atoms with Crippen LogP contribution in [0.15, 0.2) is 23.1 Å². The first-order chi connectivity index (χ1) is 5.13. The normalized spacial score (nSPS) is 23.7. The van der Waals surface area contributed by atoms with Crippen molar-refractivity contribution in [2.45, 2.75) is 13.0 Å². The molecule has 1 aliphatic rings. The van der Waals surface area contributed by atoms with Gasteiger partial charge in [0.05, 0.1) is 0 Å². The van der Waals surface area contributed by atoms with E-state index in [-0.39, 0.29) is 18.9 Å². The molecule has 1 nitrogen and oxygen atoms in total. The number of nitrogens with zero attached hydrogens (tertiary/aromatic N) is 1. The van der Waals surface area contributed by atoms with Crippen LogP contribution in [0.5, 0.6) is 0 Å². The van der Waals surface area contributed by atoms with Crippen molar-refractivity contribution in [3.8, 4) is 0 Å². The Morgan fingerprint density at radius 3 is 2.42 bits per heavy atom. The average Bonchev–Trinajstić information content (AvgIpc) is 2.33. The van der Waals surface area contributed by atoms with Gasteiger partial charge in [-0.25, -0.2) is 0 Å². The van der Waals surface area contributed by atoms with Crippen LogP contribution in [0, 0.1) is 5.92 Å². The fourth-order valence-corrected chi connectivity index (χ4v) is 1.55. The Kier molecular flexibility index (Phi) is 5.20. The monoisotopic (exact) mass is 175 g/mol. The number of hydrogen-bond acceptors (Lipinski definition) is 2. The molecule has 0 aliphatic heterocycles. The van der Waals surface area contributed by atoms with Crippen molar-refractivity contribution in [3.63, 3.8) is 0 Å². The van der Waals surface area contributed by atoms with Crippen molar-refractivity contribution in [1.82, 2.24) is 4.90 Å². The molecule has 3 heteroatoms. The first kappa shape index (κ1) is 12.3. The van der Waals surface area contributed by atoms with Gasteiger partial charge in [0, 0.05) is 6.04 Å². The summed E-state index contributed by atoms with van der Waals surface area (Å²) in [4.78, 5) is 3.26. The van der Waals surface area contributed by atoms with Gasteiger partial charge < -0.3 is 17.5 Å². The summed E-state index contributed by atoms with van der Waals surface area (Å²) in [6.07, 6.45) is 6.24. The Morgan fingerprint density at radius 1 is 1.50 bits per heavy atom. The maximum absolute atomic E-state index is 5.19. The smallest absolute Gasteiger partial charge is 0.783 e. The molecule has 0 aromatic heterocycles. The van der Waals surface area contributed by atoms with Crippen molar-refractivity contribution >= 4 is 12.6 Å². The quantitative estimate of drug-likeness (QED) is 0.373. The van der Waals surface area contributed by atoms with Gasteiger partial charge in [-0.1, -0.05) is 18.2 Å². The van der Waals surface area contributed by atoms with E-state index in [1.165, 1.54) is 0 Å². The molecule has 1 unspecified atom stereocenters. The molecule has 12 heavy (non-hydrogen) atoms. The molecule has 62 valence electrons. The molecule has 0 aromatic carbocycles. The average molecular weight is 175 g/mol. The van der Waals surface area contributed by atoms with E-state index in [0.29, 0.717) is 12.0 Å². The minimum Gasteiger partial charge on any atom is -0.783 e. The Hall–Kier alpha value is 0.257. The fraction of sp³-hybridized carbons (Fsp3) is 0.556. The van der Waals surface area contributed by atoms with Gasteiger partial charge in [0.15, 0.2) is 0 Å². The van der Waals surface area contributed by atoms with Gasteiger partial charge in [-0.15, -0.1) is 0 Å². The van der Waals surface area contributed by atoms with E-state index in [4.69, 9.17) is 12.6 Å². The number of rotatable bonds is 2. The van der Waals surface area contributed by atoms with Gasteiger partial charge in [-0.2, -0.15) is 4.91 Å². The minimum atomic E-state index is 0. The fourth-order valence-electron chi connectivity index (χ4n) is 1.20. The van der Waals surface area contributed by atoms with Crippen LogP contribution in [-0.2, 0) is 12.6 Å². The van der Waals surface area contributed by atoms with E-state index in [9.17, 15) is 0 Å². The van der Waals surface area contributed by atoms with Crippen LogP contribution < -0.4 is 18.9 Å². The molecule has 0 heterocycles. The molecule has 1 aliphatic carbocycles. The van der Waals surface area contributed by atoms with E-state index in [0.717, 1.165) is 4.91 Å². The Morgan fingerprint density at radius 2 is 2.08 bits per heavy atom. The molecular weight excluding hydrogens is 161 g/mol. The minimum absolute atomic E-state index is 0. The van der Waals surface area contributed by atoms with E-state index < -0.39 is 0 Å². The second-order valence-electron chi connectivity index (χ2n) is 3.18. The van der Waals surface area contributed by atoms with Gasteiger partial charge in [0.2, 0.25) is 0 Å². The van der Waals surface area contributed by atoms with Gasteiger partial charge in [-0.05, 0) is 26.9 Å². The summed E-state index contributed by atoms with van der Waals surface area (Å²) in [6, 6.07) is 0.512. The SMILES string of the molecule is C[C@H](C1C=CC=C1[S-])N(C)C.[Li+]. The second-order valence-corrected chi connectivity index (χ2v) is 3.66. The van der Waals surface area contributed by atoms with E-state index >= 15 is 0 Å². The summed E-state index contributed by atoms with van der Waals surface area (Å²) in [7, 11) is 4.17. The van der Waals surface area contributed by atoms with Gasteiger partial charge in [-0.3, -0.25) is 0 Å². The number of hydrogen-bond donors (Lipinski definition) is 0. The third-order valence-electron chi connectivity index (χ3n) is 2.24. The predicted octanol–water partition coefficient (Wildman–Crippen LogP) is -1.44. The van der Waals surface area contributed by atoms with Crippen LogP contribution in [-0.4, -0.2) is 25.0 Å². The first-order valence-corrected chi connectivity index (χ1v) is 4.25. The van der Waals surface area contributed by atoms with Gasteiger partial charge >= 0.3 is 18.9 Å². The molecule has 0 N–H and O–H groups in total. The second kappa shape index (κ2) is 5.09. The van der Waals surface area contributed by atoms with Crippen LogP contribution >= 0.6 is 0 Å². The molecule has 2 atom stereocenters. The standard InChI is InChI=1S/C9H15NS.Li/c1-7(10(2)3)8-5-4-6-9(8)11;/h4-8,11H,1-3H3;/q;+1/p-1/t7-,8?;/m1./s1. The molecule has 0 amide bonds. The maximum atomic E-state index is 5.19. The van der Waals surface area contributed by atoms with Crippen LogP contribution in [0.25, 0.3) is 0 Å². The molecular formula is C9H14LiNS. The molecule has 0 radical (unpaired) electrons. The summed E-state index contributed by atoms with van der Waals surface area (Å²) in [5, 5.41) is 0. The third-order valence-corrected chi connectivity index (χ3v) is 2.65. The topological polar surface area (TPSA) is 3.24 Å². The zero-order valence-corrected chi connectivity index (χ0v) is 9.06. The zero-order chi connectivity index (χ0) is 8.43. The summed E-state index contributed by atoms with van der Waals surface area (Å²) >= 11 is 5.19. The number of allylic oxidation sites excluding steroid dienone is 2. The largest absolute Gasteiger partial charge is 1.00 e. The molecule has 0 bridgehead atoms. The van der Waals surface area contributed by atoms with Crippen molar-refractivity contribution < 1.29 is 18.9 Å². The van der Waals surface area contributed by atoms with Gasteiger partial charge in [0.1, 0.15) is 0 Å². The molecule has 0 saturated carbocycles. The maximum Gasteiger partial charge on any atom is 1.00 e. The molecule has 0 spiro atoms. The van der Waals surface area contributed by atoms with Crippen molar-refractivity contribution in [2.24, 2.45) is 5.92 Å². The molecule has 0 saturated heterocycles. The Balaban J connectivity index is 0.00000121.